The zero-order valence-corrected chi connectivity index (χ0v) is 14.3. The summed E-state index contributed by atoms with van der Waals surface area (Å²) in [5, 5.41) is 5.41. The molecular formula is C19H22N4O2. The van der Waals surface area contributed by atoms with Crippen LogP contribution in [-0.2, 0) is 11.3 Å². The average molecular weight is 338 g/mol. The largest absolute Gasteiger partial charge is 0.497 e. The number of amides is 1. The molecule has 130 valence electrons. The molecule has 2 aromatic heterocycles. The van der Waals surface area contributed by atoms with Crippen LogP contribution in [0.15, 0.2) is 48.9 Å². The van der Waals surface area contributed by atoms with Gasteiger partial charge in [-0.3, -0.25) is 9.48 Å². The lowest BCUT2D eigenvalue weighted by Gasteiger charge is -2.33. The summed E-state index contributed by atoms with van der Waals surface area (Å²) in [5.74, 6) is 0.986. The van der Waals surface area contributed by atoms with E-state index in [-0.39, 0.29) is 11.9 Å². The van der Waals surface area contributed by atoms with Gasteiger partial charge in [-0.25, -0.2) is 0 Å². The van der Waals surface area contributed by atoms with E-state index in [2.05, 4.69) is 5.10 Å². The Kier molecular flexibility index (Phi) is 4.17. The minimum Gasteiger partial charge on any atom is -0.497 e. The first-order chi connectivity index (χ1) is 12.2. The van der Waals surface area contributed by atoms with Gasteiger partial charge in [-0.1, -0.05) is 0 Å². The monoisotopic (exact) mass is 338 g/mol. The lowest BCUT2D eigenvalue weighted by molar-refractivity contribution is -0.133. The van der Waals surface area contributed by atoms with Crippen LogP contribution in [0.3, 0.4) is 0 Å². The number of fused-ring (bicyclic) bond motifs is 1. The van der Waals surface area contributed by atoms with Crippen molar-refractivity contribution in [1.29, 1.82) is 0 Å². The standard InChI is InChI=1S/C19H22N4O2/c1-25-17-5-6-18-15(12-17)7-11-21(18)14-19(24)22-9-2-4-16(13-22)23-10-3-8-20-23/h3,5-8,10-12,16H,2,4,9,13-14H2,1H3/t16-/m0/s1. The van der Waals surface area contributed by atoms with Gasteiger partial charge in [0.1, 0.15) is 12.3 Å². The van der Waals surface area contributed by atoms with Crippen molar-refractivity contribution in [2.45, 2.75) is 25.4 Å². The number of piperidine rings is 1. The zero-order chi connectivity index (χ0) is 17.2. The van der Waals surface area contributed by atoms with E-state index < -0.39 is 0 Å². The number of carbonyl (C=O) groups is 1. The van der Waals surface area contributed by atoms with Gasteiger partial charge in [-0.15, -0.1) is 0 Å². The van der Waals surface area contributed by atoms with Crippen molar-refractivity contribution in [3.63, 3.8) is 0 Å². The number of methoxy groups -OCH3 is 1. The van der Waals surface area contributed by atoms with Crippen LogP contribution in [-0.4, -0.2) is 45.4 Å². The molecule has 1 aliphatic rings. The molecule has 0 bridgehead atoms. The molecule has 0 radical (unpaired) electrons. The summed E-state index contributed by atoms with van der Waals surface area (Å²) in [7, 11) is 1.66. The molecule has 3 heterocycles. The van der Waals surface area contributed by atoms with Gasteiger partial charge in [-0.2, -0.15) is 5.10 Å². The highest BCUT2D eigenvalue weighted by Gasteiger charge is 2.25. The first kappa shape index (κ1) is 15.7. The SMILES string of the molecule is COc1ccc2c(ccn2CC(=O)N2CCC[C@H](n3cccn3)C2)c1. The van der Waals surface area contributed by atoms with E-state index in [1.165, 1.54) is 0 Å². The second-order valence-corrected chi connectivity index (χ2v) is 6.49. The van der Waals surface area contributed by atoms with Gasteiger partial charge < -0.3 is 14.2 Å². The highest BCUT2D eigenvalue weighted by molar-refractivity contribution is 5.84. The van der Waals surface area contributed by atoms with E-state index in [0.717, 1.165) is 42.6 Å². The summed E-state index contributed by atoms with van der Waals surface area (Å²) < 4.78 is 9.24. The van der Waals surface area contributed by atoms with Gasteiger partial charge in [0.15, 0.2) is 0 Å². The van der Waals surface area contributed by atoms with Crippen molar-refractivity contribution in [2.75, 3.05) is 20.2 Å². The fourth-order valence-corrected chi connectivity index (χ4v) is 3.58. The highest BCUT2D eigenvalue weighted by Crippen LogP contribution is 2.23. The van der Waals surface area contributed by atoms with Crippen LogP contribution in [0.1, 0.15) is 18.9 Å². The van der Waals surface area contributed by atoms with Gasteiger partial charge in [0.05, 0.1) is 13.2 Å². The van der Waals surface area contributed by atoms with Gasteiger partial charge in [-0.05, 0) is 43.2 Å². The van der Waals surface area contributed by atoms with Gasteiger partial charge in [0.25, 0.3) is 0 Å². The summed E-state index contributed by atoms with van der Waals surface area (Å²) in [6, 6.07) is 10.2. The predicted molar refractivity (Wildman–Crippen MR) is 95.6 cm³/mol. The maximum absolute atomic E-state index is 12.8. The summed E-state index contributed by atoms with van der Waals surface area (Å²) in [4.78, 5) is 14.8. The Hall–Kier alpha value is -2.76. The Morgan fingerprint density at radius 1 is 1.32 bits per heavy atom. The predicted octanol–water partition coefficient (Wildman–Crippen LogP) is 2.71. The second kappa shape index (κ2) is 6.63. The molecule has 1 fully saturated rings. The number of hydrogen-bond donors (Lipinski definition) is 0. The maximum atomic E-state index is 12.8. The molecule has 1 aromatic carbocycles. The van der Waals surface area contributed by atoms with Crippen molar-refractivity contribution >= 4 is 16.8 Å². The molecular weight excluding hydrogens is 316 g/mol. The van der Waals surface area contributed by atoms with Crippen LogP contribution in [0.4, 0.5) is 0 Å². The molecule has 6 nitrogen and oxygen atoms in total. The number of benzene rings is 1. The van der Waals surface area contributed by atoms with E-state index in [9.17, 15) is 4.79 Å². The highest BCUT2D eigenvalue weighted by atomic mass is 16.5. The Morgan fingerprint density at radius 2 is 2.24 bits per heavy atom. The molecule has 0 spiro atoms. The minimum atomic E-state index is 0.158. The van der Waals surface area contributed by atoms with Crippen LogP contribution < -0.4 is 4.74 Å². The molecule has 0 saturated carbocycles. The van der Waals surface area contributed by atoms with Gasteiger partial charge in [0, 0.05) is 42.6 Å². The number of ether oxygens (including phenoxy) is 1. The molecule has 0 aliphatic carbocycles. The molecule has 0 unspecified atom stereocenters. The van der Waals surface area contributed by atoms with E-state index in [0.29, 0.717) is 6.54 Å². The fraction of sp³-hybridized carbons (Fsp3) is 0.368. The summed E-state index contributed by atoms with van der Waals surface area (Å²) in [6.07, 6.45) is 7.82. The number of carbonyl (C=O) groups excluding carboxylic acids is 1. The third-order valence-electron chi connectivity index (χ3n) is 4.93. The Bertz CT molecular complexity index is 869. The number of nitrogens with zero attached hydrogens (tertiary/aromatic N) is 4. The van der Waals surface area contributed by atoms with Crippen molar-refractivity contribution in [3.8, 4) is 5.75 Å². The average Bonchev–Trinajstić information content (AvgIpc) is 3.32. The van der Waals surface area contributed by atoms with Crippen molar-refractivity contribution in [1.82, 2.24) is 19.2 Å². The molecule has 1 amide bonds. The maximum Gasteiger partial charge on any atom is 0.242 e. The van der Waals surface area contributed by atoms with Crippen molar-refractivity contribution in [2.24, 2.45) is 0 Å². The van der Waals surface area contributed by atoms with Crippen molar-refractivity contribution in [3.05, 3.63) is 48.9 Å². The number of likely N-dealkylation sites (tertiary alicyclic amines) is 1. The molecule has 1 saturated heterocycles. The number of hydrogen-bond acceptors (Lipinski definition) is 3. The lowest BCUT2D eigenvalue weighted by atomic mass is 10.1. The third kappa shape index (κ3) is 3.12. The molecule has 1 atom stereocenters. The quantitative estimate of drug-likeness (QED) is 0.735. The summed E-state index contributed by atoms with van der Waals surface area (Å²) >= 11 is 0. The fourth-order valence-electron chi connectivity index (χ4n) is 3.58. The zero-order valence-electron chi connectivity index (χ0n) is 14.3. The Balaban J connectivity index is 1.48. The number of rotatable bonds is 4. The van der Waals surface area contributed by atoms with Crippen LogP contribution >= 0.6 is 0 Å². The van der Waals surface area contributed by atoms with Crippen molar-refractivity contribution < 1.29 is 9.53 Å². The molecule has 1 aliphatic heterocycles. The first-order valence-corrected chi connectivity index (χ1v) is 8.64. The molecule has 0 N–H and O–H groups in total. The van der Waals surface area contributed by atoms with Gasteiger partial charge >= 0.3 is 0 Å². The Morgan fingerprint density at radius 3 is 3.04 bits per heavy atom. The topological polar surface area (TPSA) is 52.3 Å². The van der Waals surface area contributed by atoms with Crippen LogP contribution in [0, 0.1) is 0 Å². The Labute approximate surface area is 146 Å². The van der Waals surface area contributed by atoms with Crippen LogP contribution in [0.2, 0.25) is 0 Å². The lowest BCUT2D eigenvalue weighted by Crippen LogP contribution is -2.42. The number of aromatic nitrogens is 3. The molecule has 3 aromatic rings. The molecule has 25 heavy (non-hydrogen) atoms. The van der Waals surface area contributed by atoms with E-state index in [4.69, 9.17) is 4.74 Å². The minimum absolute atomic E-state index is 0.158. The van der Waals surface area contributed by atoms with E-state index in [1.54, 1.807) is 13.3 Å². The summed E-state index contributed by atoms with van der Waals surface area (Å²) in [5.41, 5.74) is 1.05. The van der Waals surface area contributed by atoms with Crippen LogP contribution in [0.5, 0.6) is 5.75 Å². The van der Waals surface area contributed by atoms with E-state index in [1.807, 2.05) is 56.9 Å². The first-order valence-electron chi connectivity index (χ1n) is 8.64. The summed E-state index contributed by atoms with van der Waals surface area (Å²) in [6.45, 7) is 1.92. The second-order valence-electron chi connectivity index (χ2n) is 6.49. The molecule has 6 heteroatoms. The van der Waals surface area contributed by atoms with Crippen LogP contribution in [0.25, 0.3) is 10.9 Å². The smallest absolute Gasteiger partial charge is 0.242 e. The molecule has 4 rings (SSSR count). The normalized spacial score (nSPS) is 17.8. The van der Waals surface area contributed by atoms with E-state index >= 15 is 0 Å². The van der Waals surface area contributed by atoms with Gasteiger partial charge in [0.2, 0.25) is 5.91 Å². The third-order valence-corrected chi connectivity index (χ3v) is 4.93.